The summed E-state index contributed by atoms with van der Waals surface area (Å²) in [5, 5.41) is 3.45. The minimum atomic E-state index is -0.373. The second-order valence-electron chi connectivity index (χ2n) is 4.30. The van der Waals surface area contributed by atoms with E-state index in [0.29, 0.717) is 11.6 Å². The average molecular weight is 218 g/mol. The van der Waals surface area contributed by atoms with Gasteiger partial charge in [-0.25, -0.2) is 4.79 Å². The number of aromatic nitrogens is 1. The Bertz CT molecular complexity index is 549. The van der Waals surface area contributed by atoms with Crippen LogP contribution in [0.1, 0.15) is 18.4 Å². The standard InChI is InChI=1S/C12H14N2O2/c15-12-14-11-8(3-1-5-10(11)16-12)7-9-4-2-6-13-9/h1,3,5,9,13H,2,4,6-7H2,(H,14,15). The lowest BCUT2D eigenvalue weighted by Gasteiger charge is -2.09. The number of aromatic amines is 1. The molecule has 0 amide bonds. The molecule has 1 aromatic heterocycles. The number of para-hydroxylation sites is 1. The Morgan fingerprint density at radius 3 is 3.19 bits per heavy atom. The molecule has 0 saturated carbocycles. The number of nitrogens with one attached hydrogen (secondary N) is 2. The summed E-state index contributed by atoms with van der Waals surface area (Å²) < 4.78 is 5.04. The highest BCUT2D eigenvalue weighted by molar-refractivity contribution is 5.76. The summed E-state index contributed by atoms with van der Waals surface area (Å²) in [5.41, 5.74) is 2.66. The average Bonchev–Trinajstić information content (AvgIpc) is 2.86. The topological polar surface area (TPSA) is 58.0 Å². The maximum absolute atomic E-state index is 11.1. The SMILES string of the molecule is O=c1[nH]c2c(CC3CCCN3)cccc2o1. The van der Waals surface area contributed by atoms with Crippen molar-refractivity contribution in [1.82, 2.24) is 10.3 Å². The molecule has 2 heterocycles. The molecule has 1 aromatic carbocycles. The molecule has 3 rings (SSSR count). The molecule has 1 aliphatic rings. The second-order valence-corrected chi connectivity index (χ2v) is 4.30. The van der Waals surface area contributed by atoms with Gasteiger partial charge in [-0.15, -0.1) is 0 Å². The largest absolute Gasteiger partial charge is 0.417 e. The van der Waals surface area contributed by atoms with Crippen molar-refractivity contribution >= 4 is 11.1 Å². The molecule has 1 unspecified atom stereocenters. The zero-order valence-electron chi connectivity index (χ0n) is 8.95. The van der Waals surface area contributed by atoms with Crippen LogP contribution in [-0.4, -0.2) is 17.6 Å². The molecule has 0 spiro atoms. The molecule has 84 valence electrons. The van der Waals surface area contributed by atoms with E-state index in [0.717, 1.165) is 24.0 Å². The molecule has 1 aliphatic heterocycles. The van der Waals surface area contributed by atoms with E-state index in [2.05, 4.69) is 10.3 Å². The molecule has 2 N–H and O–H groups in total. The van der Waals surface area contributed by atoms with E-state index in [4.69, 9.17) is 4.42 Å². The number of fused-ring (bicyclic) bond motifs is 1. The van der Waals surface area contributed by atoms with Crippen molar-refractivity contribution in [2.24, 2.45) is 0 Å². The number of benzene rings is 1. The molecule has 0 radical (unpaired) electrons. The summed E-state index contributed by atoms with van der Waals surface area (Å²) in [4.78, 5) is 13.9. The van der Waals surface area contributed by atoms with Gasteiger partial charge >= 0.3 is 5.76 Å². The normalized spacial score (nSPS) is 20.6. The predicted octanol–water partition coefficient (Wildman–Crippen LogP) is 1.42. The van der Waals surface area contributed by atoms with E-state index in [1.54, 1.807) is 0 Å². The van der Waals surface area contributed by atoms with Crippen molar-refractivity contribution in [3.05, 3.63) is 34.3 Å². The van der Waals surface area contributed by atoms with Gasteiger partial charge in [-0.1, -0.05) is 12.1 Å². The summed E-state index contributed by atoms with van der Waals surface area (Å²) in [6.07, 6.45) is 3.40. The highest BCUT2D eigenvalue weighted by Crippen LogP contribution is 2.19. The number of hydrogen-bond donors (Lipinski definition) is 2. The van der Waals surface area contributed by atoms with Crippen LogP contribution in [-0.2, 0) is 6.42 Å². The van der Waals surface area contributed by atoms with Crippen LogP contribution in [0.25, 0.3) is 11.1 Å². The first-order valence-corrected chi connectivity index (χ1v) is 5.67. The van der Waals surface area contributed by atoms with Gasteiger partial charge in [0, 0.05) is 6.04 Å². The third-order valence-electron chi connectivity index (χ3n) is 3.17. The van der Waals surface area contributed by atoms with Gasteiger partial charge in [0.15, 0.2) is 5.58 Å². The molecule has 4 nitrogen and oxygen atoms in total. The maximum Gasteiger partial charge on any atom is 0.417 e. The Morgan fingerprint density at radius 1 is 1.44 bits per heavy atom. The highest BCUT2D eigenvalue weighted by Gasteiger charge is 2.16. The van der Waals surface area contributed by atoms with Crippen LogP contribution in [0.2, 0.25) is 0 Å². The molecule has 4 heteroatoms. The number of oxazole rings is 1. The first-order chi connectivity index (χ1) is 7.83. The second kappa shape index (κ2) is 3.79. The minimum Gasteiger partial charge on any atom is -0.408 e. The molecule has 2 aromatic rings. The first-order valence-electron chi connectivity index (χ1n) is 5.67. The van der Waals surface area contributed by atoms with Gasteiger partial charge in [0.25, 0.3) is 0 Å². The number of H-pyrrole nitrogens is 1. The molecule has 0 aliphatic carbocycles. The van der Waals surface area contributed by atoms with Gasteiger partial charge in [-0.05, 0) is 37.4 Å². The highest BCUT2D eigenvalue weighted by atomic mass is 16.4. The lowest BCUT2D eigenvalue weighted by molar-refractivity contribution is 0.555. The Kier molecular flexibility index (Phi) is 2.29. The number of hydrogen-bond acceptors (Lipinski definition) is 3. The van der Waals surface area contributed by atoms with Crippen molar-refractivity contribution in [1.29, 1.82) is 0 Å². The smallest absolute Gasteiger partial charge is 0.408 e. The van der Waals surface area contributed by atoms with E-state index in [1.165, 1.54) is 12.8 Å². The lowest BCUT2D eigenvalue weighted by atomic mass is 10.0. The van der Waals surface area contributed by atoms with Crippen molar-refractivity contribution in [2.45, 2.75) is 25.3 Å². The maximum atomic E-state index is 11.1. The first kappa shape index (κ1) is 9.66. The van der Waals surface area contributed by atoms with Gasteiger partial charge in [0.05, 0.1) is 5.52 Å². The molecule has 0 bridgehead atoms. The summed E-state index contributed by atoms with van der Waals surface area (Å²) in [7, 11) is 0. The van der Waals surface area contributed by atoms with Crippen molar-refractivity contribution in [3.8, 4) is 0 Å². The summed E-state index contributed by atoms with van der Waals surface area (Å²) in [6, 6.07) is 6.33. The Hall–Kier alpha value is -1.55. The fourth-order valence-corrected chi connectivity index (χ4v) is 2.40. The fraction of sp³-hybridized carbons (Fsp3) is 0.417. The van der Waals surface area contributed by atoms with Crippen LogP contribution in [0.15, 0.2) is 27.4 Å². The van der Waals surface area contributed by atoms with Crippen LogP contribution >= 0.6 is 0 Å². The van der Waals surface area contributed by atoms with E-state index < -0.39 is 0 Å². The number of rotatable bonds is 2. The summed E-state index contributed by atoms with van der Waals surface area (Å²) >= 11 is 0. The van der Waals surface area contributed by atoms with Gasteiger partial charge in [0.2, 0.25) is 0 Å². The van der Waals surface area contributed by atoms with Crippen molar-refractivity contribution in [3.63, 3.8) is 0 Å². The van der Waals surface area contributed by atoms with Crippen LogP contribution in [0, 0.1) is 0 Å². The van der Waals surface area contributed by atoms with E-state index >= 15 is 0 Å². The van der Waals surface area contributed by atoms with Crippen LogP contribution in [0.3, 0.4) is 0 Å². The Labute approximate surface area is 92.7 Å². The quantitative estimate of drug-likeness (QED) is 0.801. The van der Waals surface area contributed by atoms with Gasteiger partial charge < -0.3 is 9.73 Å². The third kappa shape index (κ3) is 1.65. The monoisotopic (exact) mass is 218 g/mol. The van der Waals surface area contributed by atoms with Crippen LogP contribution in [0.4, 0.5) is 0 Å². The summed E-state index contributed by atoms with van der Waals surface area (Å²) in [5.74, 6) is -0.373. The third-order valence-corrected chi connectivity index (χ3v) is 3.17. The van der Waals surface area contributed by atoms with E-state index in [9.17, 15) is 4.79 Å². The Balaban J connectivity index is 1.98. The lowest BCUT2D eigenvalue weighted by Crippen LogP contribution is -2.23. The van der Waals surface area contributed by atoms with Crippen LogP contribution in [0.5, 0.6) is 0 Å². The van der Waals surface area contributed by atoms with Crippen molar-refractivity contribution < 1.29 is 4.42 Å². The molecule has 16 heavy (non-hydrogen) atoms. The molecular weight excluding hydrogens is 204 g/mol. The van der Waals surface area contributed by atoms with Crippen molar-refractivity contribution in [2.75, 3.05) is 6.54 Å². The van der Waals surface area contributed by atoms with Gasteiger partial charge in [-0.2, -0.15) is 0 Å². The van der Waals surface area contributed by atoms with E-state index in [1.807, 2.05) is 18.2 Å². The summed E-state index contributed by atoms with van der Waals surface area (Å²) in [6.45, 7) is 1.10. The minimum absolute atomic E-state index is 0.373. The van der Waals surface area contributed by atoms with Gasteiger partial charge in [0.1, 0.15) is 0 Å². The fourth-order valence-electron chi connectivity index (χ4n) is 2.40. The molecule has 1 atom stereocenters. The molecule has 1 fully saturated rings. The van der Waals surface area contributed by atoms with E-state index in [-0.39, 0.29) is 5.76 Å². The Morgan fingerprint density at radius 2 is 2.38 bits per heavy atom. The molecule has 1 saturated heterocycles. The van der Waals surface area contributed by atoms with Gasteiger partial charge in [-0.3, -0.25) is 4.98 Å². The predicted molar refractivity (Wildman–Crippen MR) is 61.6 cm³/mol. The van der Waals surface area contributed by atoms with Crippen LogP contribution < -0.4 is 11.1 Å². The molecular formula is C12H14N2O2. The zero-order chi connectivity index (χ0) is 11.0. The zero-order valence-corrected chi connectivity index (χ0v) is 8.95.